The Morgan fingerprint density at radius 2 is 1.54 bits per heavy atom. The van der Waals surface area contributed by atoms with E-state index in [1.807, 2.05) is 73.3 Å². The van der Waals surface area contributed by atoms with E-state index < -0.39 is 6.10 Å². The van der Waals surface area contributed by atoms with Gasteiger partial charge in [-0.1, -0.05) is 6.07 Å². The van der Waals surface area contributed by atoms with E-state index in [2.05, 4.69) is 15.1 Å². The van der Waals surface area contributed by atoms with Crippen LogP contribution in [0.2, 0.25) is 0 Å². The fourth-order valence-electron chi connectivity index (χ4n) is 4.01. The molecule has 0 bridgehead atoms. The summed E-state index contributed by atoms with van der Waals surface area (Å²) in [7, 11) is 0. The first-order chi connectivity index (χ1) is 17.1. The van der Waals surface area contributed by atoms with Gasteiger partial charge in [0.25, 0.3) is 5.91 Å². The van der Waals surface area contributed by atoms with Crippen molar-refractivity contribution in [1.82, 2.24) is 15.1 Å². The molecule has 1 fully saturated rings. The van der Waals surface area contributed by atoms with Gasteiger partial charge in [0.15, 0.2) is 11.9 Å². The Labute approximate surface area is 206 Å². The van der Waals surface area contributed by atoms with Crippen LogP contribution in [0, 0.1) is 0 Å². The first-order valence-corrected chi connectivity index (χ1v) is 12.1. The molecule has 8 heteroatoms. The molecule has 8 nitrogen and oxygen atoms in total. The number of carbonyl (C=O) groups is 1. The van der Waals surface area contributed by atoms with Gasteiger partial charge in [0.05, 0.1) is 18.9 Å². The molecule has 1 unspecified atom stereocenters. The van der Waals surface area contributed by atoms with Crippen LogP contribution in [0.4, 0.5) is 5.82 Å². The molecule has 35 heavy (non-hydrogen) atoms. The molecule has 0 saturated carbocycles. The molecule has 184 valence electrons. The third-order valence-electron chi connectivity index (χ3n) is 5.80. The van der Waals surface area contributed by atoms with Crippen molar-refractivity contribution in [3.8, 4) is 28.5 Å². The lowest BCUT2D eigenvalue weighted by Gasteiger charge is -2.36. The zero-order chi connectivity index (χ0) is 24.6. The summed E-state index contributed by atoms with van der Waals surface area (Å²) in [5, 5.41) is 8.83. The number of carbonyl (C=O) groups excluding carboxylic acids is 1. The van der Waals surface area contributed by atoms with Crippen LogP contribution in [0.15, 0.2) is 60.7 Å². The Morgan fingerprint density at radius 1 is 0.857 bits per heavy atom. The Balaban J connectivity index is 1.30. The molecule has 3 aromatic rings. The van der Waals surface area contributed by atoms with Crippen molar-refractivity contribution in [3.63, 3.8) is 0 Å². The van der Waals surface area contributed by atoms with E-state index in [0.717, 1.165) is 28.6 Å². The Morgan fingerprint density at radius 3 is 2.20 bits per heavy atom. The third-order valence-corrected chi connectivity index (χ3v) is 5.80. The summed E-state index contributed by atoms with van der Waals surface area (Å²) in [6, 6.07) is 19.2. The number of rotatable bonds is 9. The highest BCUT2D eigenvalue weighted by molar-refractivity contribution is 5.81. The topological polar surface area (TPSA) is 77.0 Å². The molecule has 0 radical (unpaired) electrons. The summed E-state index contributed by atoms with van der Waals surface area (Å²) in [6.07, 6.45) is -0.577. The van der Waals surface area contributed by atoms with Crippen molar-refractivity contribution in [3.05, 3.63) is 60.7 Å². The van der Waals surface area contributed by atoms with E-state index in [4.69, 9.17) is 14.2 Å². The van der Waals surface area contributed by atoms with Crippen LogP contribution in [-0.2, 0) is 4.79 Å². The number of amides is 1. The smallest absolute Gasteiger partial charge is 0.263 e. The van der Waals surface area contributed by atoms with Gasteiger partial charge < -0.3 is 24.0 Å². The minimum atomic E-state index is -0.577. The molecule has 1 aromatic heterocycles. The average Bonchev–Trinajstić information content (AvgIpc) is 2.89. The van der Waals surface area contributed by atoms with Crippen LogP contribution in [0.1, 0.15) is 20.8 Å². The molecule has 0 N–H and O–H groups in total. The minimum Gasteiger partial charge on any atom is -0.494 e. The molecule has 1 aliphatic heterocycles. The van der Waals surface area contributed by atoms with Crippen molar-refractivity contribution < 1.29 is 19.0 Å². The van der Waals surface area contributed by atoms with Crippen molar-refractivity contribution in [2.75, 3.05) is 44.3 Å². The van der Waals surface area contributed by atoms with E-state index in [1.54, 1.807) is 13.0 Å². The second-order valence-corrected chi connectivity index (χ2v) is 8.21. The van der Waals surface area contributed by atoms with Gasteiger partial charge in [-0.2, -0.15) is 0 Å². The number of ether oxygens (including phenoxy) is 3. The predicted octanol–water partition coefficient (Wildman–Crippen LogP) is 4.06. The summed E-state index contributed by atoms with van der Waals surface area (Å²) in [6.45, 7) is 9.49. The summed E-state index contributed by atoms with van der Waals surface area (Å²) < 4.78 is 16.9. The fraction of sp³-hybridized carbons (Fsp3) is 0.370. The highest BCUT2D eigenvalue weighted by atomic mass is 16.5. The molecule has 2 heterocycles. The molecule has 1 aliphatic rings. The molecule has 2 aromatic carbocycles. The Hall–Kier alpha value is -3.81. The van der Waals surface area contributed by atoms with Gasteiger partial charge in [0.2, 0.25) is 0 Å². The zero-order valence-electron chi connectivity index (χ0n) is 20.5. The van der Waals surface area contributed by atoms with Crippen molar-refractivity contribution in [2.45, 2.75) is 26.9 Å². The summed E-state index contributed by atoms with van der Waals surface area (Å²) >= 11 is 0. The molecular weight excluding hydrogens is 444 g/mol. The maximum Gasteiger partial charge on any atom is 0.263 e. The number of hydrogen-bond donors (Lipinski definition) is 0. The molecule has 1 amide bonds. The molecule has 1 saturated heterocycles. The molecule has 0 aliphatic carbocycles. The lowest BCUT2D eigenvalue weighted by atomic mass is 10.1. The van der Waals surface area contributed by atoms with Crippen molar-refractivity contribution >= 4 is 11.7 Å². The molecule has 4 rings (SSSR count). The zero-order valence-corrected chi connectivity index (χ0v) is 20.5. The lowest BCUT2D eigenvalue weighted by Crippen LogP contribution is -2.52. The van der Waals surface area contributed by atoms with E-state index in [1.165, 1.54) is 0 Å². The van der Waals surface area contributed by atoms with Crippen LogP contribution in [-0.4, -0.2) is 66.5 Å². The predicted molar refractivity (Wildman–Crippen MR) is 135 cm³/mol. The maximum atomic E-state index is 12.9. The first-order valence-electron chi connectivity index (χ1n) is 12.1. The molecular formula is C27H32N4O4. The molecule has 1 atom stereocenters. The first kappa shape index (κ1) is 24.3. The van der Waals surface area contributed by atoms with Gasteiger partial charge >= 0.3 is 0 Å². The van der Waals surface area contributed by atoms with E-state index >= 15 is 0 Å². The van der Waals surface area contributed by atoms with Gasteiger partial charge in [-0.25, -0.2) is 0 Å². The fourth-order valence-corrected chi connectivity index (χ4v) is 4.01. The van der Waals surface area contributed by atoms with Gasteiger partial charge in [-0.3, -0.25) is 4.79 Å². The molecule has 0 spiro atoms. The highest BCUT2D eigenvalue weighted by Crippen LogP contribution is 2.23. The van der Waals surface area contributed by atoms with Crippen LogP contribution in [0.3, 0.4) is 0 Å². The van der Waals surface area contributed by atoms with E-state index in [9.17, 15) is 4.79 Å². The number of aromatic nitrogens is 2. The van der Waals surface area contributed by atoms with Gasteiger partial charge in [-0.05, 0) is 69.3 Å². The van der Waals surface area contributed by atoms with Crippen LogP contribution in [0.25, 0.3) is 11.3 Å². The second-order valence-electron chi connectivity index (χ2n) is 8.21. The third kappa shape index (κ3) is 6.20. The van der Waals surface area contributed by atoms with Crippen molar-refractivity contribution in [1.29, 1.82) is 0 Å². The number of piperazine rings is 1. The standard InChI is InChI=1S/C27H32N4O4/c1-4-33-22-11-9-21(10-12-22)25-13-14-26(29-28-25)30-15-17-31(18-16-30)27(32)20(3)35-24-8-6-7-23(19-24)34-5-2/h6-14,19-20H,4-5,15-18H2,1-3H3. The SMILES string of the molecule is CCOc1ccc(-c2ccc(N3CCN(C(=O)C(C)Oc4cccc(OCC)c4)CC3)nn2)cc1. The number of nitrogens with zero attached hydrogens (tertiary/aromatic N) is 4. The van der Waals surface area contributed by atoms with Gasteiger partial charge in [0, 0.05) is 37.8 Å². The quantitative estimate of drug-likeness (QED) is 0.461. The summed E-state index contributed by atoms with van der Waals surface area (Å²) in [5.74, 6) is 2.98. The van der Waals surface area contributed by atoms with Crippen LogP contribution >= 0.6 is 0 Å². The van der Waals surface area contributed by atoms with Gasteiger partial charge in [-0.15, -0.1) is 10.2 Å². The summed E-state index contributed by atoms with van der Waals surface area (Å²) in [5.41, 5.74) is 1.80. The largest absolute Gasteiger partial charge is 0.494 e. The number of hydrogen-bond acceptors (Lipinski definition) is 7. The number of anilines is 1. The van der Waals surface area contributed by atoms with Crippen LogP contribution in [0.5, 0.6) is 17.2 Å². The lowest BCUT2D eigenvalue weighted by molar-refractivity contribution is -0.138. The van der Waals surface area contributed by atoms with Crippen molar-refractivity contribution in [2.24, 2.45) is 0 Å². The highest BCUT2D eigenvalue weighted by Gasteiger charge is 2.26. The van der Waals surface area contributed by atoms with E-state index in [-0.39, 0.29) is 5.91 Å². The number of benzene rings is 2. The second kappa shape index (κ2) is 11.6. The van der Waals surface area contributed by atoms with Crippen LogP contribution < -0.4 is 19.1 Å². The Kier molecular flexibility index (Phi) is 8.03. The maximum absolute atomic E-state index is 12.9. The average molecular weight is 477 g/mol. The van der Waals surface area contributed by atoms with E-state index in [0.29, 0.717) is 45.1 Å². The van der Waals surface area contributed by atoms with Gasteiger partial charge in [0.1, 0.15) is 17.2 Å². The normalized spacial score (nSPS) is 14.4. The summed E-state index contributed by atoms with van der Waals surface area (Å²) in [4.78, 5) is 16.9. The minimum absolute atomic E-state index is 0.0246. The Bertz CT molecular complexity index is 1100. The monoisotopic (exact) mass is 476 g/mol.